The molecule has 1 aromatic rings. The first kappa shape index (κ1) is 20.8. The quantitative estimate of drug-likeness (QED) is 0.380. The third kappa shape index (κ3) is 10.5. The molecule has 0 aliphatic heterocycles. The minimum atomic E-state index is -4.08. The molecular weight excluding hydrogens is 337 g/mol. The number of nitrogens with one attached hydrogen (secondary N) is 1. The van der Waals surface area contributed by atoms with E-state index in [1.165, 1.54) is 0 Å². The van der Waals surface area contributed by atoms with Crippen LogP contribution >= 0.6 is 7.60 Å². The SMILES string of the molecule is COCCOCCOCCC(=O)Nc1ccc(CP(=O)(O)O)cc1. The summed E-state index contributed by atoms with van der Waals surface area (Å²) in [6.45, 7) is 2.20. The Morgan fingerprint density at radius 3 is 2.21 bits per heavy atom. The van der Waals surface area contributed by atoms with Gasteiger partial charge in [-0.15, -0.1) is 0 Å². The maximum absolute atomic E-state index is 11.7. The van der Waals surface area contributed by atoms with E-state index in [1.54, 1.807) is 31.4 Å². The molecule has 0 atom stereocenters. The molecule has 0 aliphatic rings. The predicted octanol–water partition coefficient (Wildman–Crippen LogP) is 1.37. The first-order valence-electron chi connectivity index (χ1n) is 7.48. The van der Waals surface area contributed by atoms with Crippen molar-refractivity contribution in [3.8, 4) is 0 Å². The summed E-state index contributed by atoms with van der Waals surface area (Å²) in [5, 5.41) is 2.69. The molecule has 0 heterocycles. The lowest BCUT2D eigenvalue weighted by atomic mass is 10.2. The fraction of sp³-hybridized carbons (Fsp3) is 0.533. The van der Waals surface area contributed by atoms with Crippen LogP contribution in [0, 0.1) is 0 Å². The summed E-state index contributed by atoms with van der Waals surface area (Å²) >= 11 is 0. The maximum Gasteiger partial charge on any atom is 0.329 e. The molecule has 24 heavy (non-hydrogen) atoms. The Bertz CT molecular complexity index is 529. The van der Waals surface area contributed by atoms with E-state index in [0.717, 1.165) is 0 Å². The number of rotatable bonds is 12. The molecule has 0 fully saturated rings. The van der Waals surface area contributed by atoms with Crippen molar-refractivity contribution in [3.63, 3.8) is 0 Å². The van der Waals surface area contributed by atoms with Crippen LogP contribution in [0.15, 0.2) is 24.3 Å². The zero-order chi connectivity index (χ0) is 17.8. The largest absolute Gasteiger partial charge is 0.382 e. The third-order valence-electron chi connectivity index (χ3n) is 2.90. The van der Waals surface area contributed by atoms with Crippen molar-refractivity contribution in [2.45, 2.75) is 12.6 Å². The number of hydrogen-bond acceptors (Lipinski definition) is 5. The van der Waals surface area contributed by atoms with Crippen LogP contribution in [-0.4, -0.2) is 55.8 Å². The molecule has 1 aromatic carbocycles. The summed E-state index contributed by atoms with van der Waals surface area (Å²) in [4.78, 5) is 29.5. The van der Waals surface area contributed by atoms with Crippen LogP contribution in [0.1, 0.15) is 12.0 Å². The molecule has 0 radical (unpaired) electrons. The second kappa shape index (κ2) is 11.3. The van der Waals surface area contributed by atoms with E-state index in [9.17, 15) is 9.36 Å². The molecule has 1 rings (SSSR count). The molecule has 0 spiro atoms. The average molecular weight is 361 g/mol. The lowest BCUT2D eigenvalue weighted by Crippen LogP contribution is -2.15. The molecule has 0 saturated carbocycles. The maximum atomic E-state index is 11.7. The molecule has 0 saturated heterocycles. The molecule has 0 aromatic heterocycles. The minimum absolute atomic E-state index is 0.196. The van der Waals surface area contributed by atoms with Crippen LogP contribution in [-0.2, 0) is 29.7 Å². The fourth-order valence-corrected chi connectivity index (χ4v) is 2.47. The molecule has 0 bridgehead atoms. The monoisotopic (exact) mass is 361 g/mol. The van der Waals surface area contributed by atoms with Gasteiger partial charge in [0.15, 0.2) is 0 Å². The van der Waals surface area contributed by atoms with E-state index in [2.05, 4.69) is 5.32 Å². The molecule has 0 unspecified atom stereocenters. The first-order valence-corrected chi connectivity index (χ1v) is 9.28. The summed E-state index contributed by atoms with van der Waals surface area (Å²) in [6.07, 6.45) is -0.107. The van der Waals surface area contributed by atoms with E-state index in [-0.39, 0.29) is 25.1 Å². The Morgan fingerprint density at radius 2 is 1.62 bits per heavy atom. The van der Waals surface area contributed by atoms with E-state index in [1.807, 2.05) is 0 Å². The Labute approximate surface area is 141 Å². The molecule has 1 amide bonds. The predicted molar refractivity (Wildman–Crippen MR) is 89.0 cm³/mol. The summed E-state index contributed by atoms with van der Waals surface area (Å²) in [6, 6.07) is 6.35. The highest BCUT2D eigenvalue weighted by molar-refractivity contribution is 7.50. The van der Waals surface area contributed by atoms with Gasteiger partial charge in [0.1, 0.15) is 0 Å². The number of anilines is 1. The number of ether oxygens (including phenoxy) is 3. The summed E-state index contributed by atoms with van der Waals surface area (Å²) < 4.78 is 26.2. The highest BCUT2D eigenvalue weighted by Crippen LogP contribution is 2.39. The Kier molecular flexibility index (Phi) is 9.78. The van der Waals surface area contributed by atoms with Crippen molar-refractivity contribution in [2.75, 3.05) is 45.5 Å². The van der Waals surface area contributed by atoms with Crippen LogP contribution in [0.4, 0.5) is 5.69 Å². The molecule has 8 nitrogen and oxygen atoms in total. The van der Waals surface area contributed by atoms with Gasteiger partial charge in [-0.2, -0.15) is 0 Å². The number of benzene rings is 1. The van der Waals surface area contributed by atoms with Crippen LogP contribution in [0.2, 0.25) is 0 Å². The van der Waals surface area contributed by atoms with Crippen molar-refractivity contribution >= 4 is 19.2 Å². The summed E-state index contributed by atoms with van der Waals surface area (Å²) in [5.74, 6) is -0.196. The van der Waals surface area contributed by atoms with E-state index in [4.69, 9.17) is 24.0 Å². The van der Waals surface area contributed by atoms with E-state index < -0.39 is 7.60 Å². The van der Waals surface area contributed by atoms with Crippen molar-refractivity contribution in [2.24, 2.45) is 0 Å². The normalized spacial score (nSPS) is 11.5. The lowest BCUT2D eigenvalue weighted by molar-refractivity contribution is -0.117. The molecule has 0 aliphatic carbocycles. The van der Waals surface area contributed by atoms with Gasteiger partial charge < -0.3 is 29.3 Å². The van der Waals surface area contributed by atoms with Gasteiger partial charge in [-0.25, -0.2) is 0 Å². The zero-order valence-electron chi connectivity index (χ0n) is 13.6. The van der Waals surface area contributed by atoms with Gasteiger partial charge in [0.25, 0.3) is 0 Å². The van der Waals surface area contributed by atoms with E-state index >= 15 is 0 Å². The second-order valence-corrected chi connectivity index (χ2v) is 6.68. The smallest absolute Gasteiger partial charge is 0.329 e. The zero-order valence-corrected chi connectivity index (χ0v) is 14.5. The fourth-order valence-electron chi connectivity index (χ4n) is 1.78. The topological polar surface area (TPSA) is 114 Å². The molecule has 9 heteroatoms. The lowest BCUT2D eigenvalue weighted by Gasteiger charge is -2.08. The number of amides is 1. The van der Waals surface area contributed by atoms with Gasteiger partial charge >= 0.3 is 7.60 Å². The van der Waals surface area contributed by atoms with Gasteiger partial charge in [0, 0.05) is 12.8 Å². The van der Waals surface area contributed by atoms with Gasteiger partial charge in [-0.1, -0.05) is 12.1 Å². The average Bonchev–Trinajstić information content (AvgIpc) is 2.50. The van der Waals surface area contributed by atoms with Gasteiger partial charge in [0.2, 0.25) is 5.91 Å². The molecule has 3 N–H and O–H groups in total. The van der Waals surface area contributed by atoms with Crippen molar-refractivity contribution in [1.29, 1.82) is 0 Å². The van der Waals surface area contributed by atoms with Gasteiger partial charge in [-0.3, -0.25) is 9.36 Å². The molecular formula is C15H24NO7P. The molecule has 136 valence electrons. The van der Waals surface area contributed by atoms with Crippen molar-refractivity contribution in [1.82, 2.24) is 0 Å². The van der Waals surface area contributed by atoms with Crippen LogP contribution in [0.3, 0.4) is 0 Å². The number of carbonyl (C=O) groups is 1. The summed E-state index contributed by atoms with van der Waals surface area (Å²) in [7, 11) is -2.48. The third-order valence-corrected chi connectivity index (χ3v) is 3.68. The highest BCUT2D eigenvalue weighted by Gasteiger charge is 2.13. The number of carbonyl (C=O) groups excluding carboxylic acids is 1. The van der Waals surface area contributed by atoms with Crippen molar-refractivity contribution in [3.05, 3.63) is 29.8 Å². The Morgan fingerprint density at radius 1 is 1.04 bits per heavy atom. The standard InChI is InChI=1S/C15H24NO7P/c1-21-8-9-23-11-10-22-7-6-15(17)16-14-4-2-13(3-5-14)12-24(18,19)20/h2-5H,6-12H2,1H3,(H,16,17)(H2,18,19,20). The van der Waals surface area contributed by atoms with Crippen LogP contribution in [0.5, 0.6) is 0 Å². The minimum Gasteiger partial charge on any atom is -0.382 e. The first-order chi connectivity index (χ1) is 11.4. The summed E-state index contributed by atoms with van der Waals surface area (Å²) in [5.41, 5.74) is 1.08. The van der Waals surface area contributed by atoms with Crippen LogP contribution < -0.4 is 5.32 Å². The Balaban J connectivity index is 2.17. The van der Waals surface area contributed by atoms with Crippen LogP contribution in [0.25, 0.3) is 0 Å². The highest BCUT2D eigenvalue weighted by atomic mass is 31.2. The van der Waals surface area contributed by atoms with Gasteiger partial charge in [-0.05, 0) is 17.7 Å². The van der Waals surface area contributed by atoms with E-state index in [0.29, 0.717) is 37.7 Å². The second-order valence-electron chi connectivity index (χ2n) is 5.04. The Hall–Kier alpha value is -1.28. The number of methoxy groups -OCH3 is 1. The van der Waals surface area contributed by atoms with Gasteiger partial charge in [0.05, 0.1) is 45.6 Å². The van der Waals surface area contributed by atoms with Crippen molar-refractivity contribution < 1.29 is 33.4 Å². The number of hydrogen-bond donors (Lipinski definition) is 3.